The number of rotatable bonds is 5. The summed E-state index contributed by atoms with van der Waals surface area (Å²) in [6, 6.07) is 10.1. The summed E-state index contributed by atoms with van der Waals surface area (Å²) < 4.78 is 1.98. The number of nitrogens with one attached hydrogen (secondary N) is 2. The maximum Gasteiger partial charge on any atom is 0.232 e. The van der Waals surface area contributed by atoms with Crippen LogP contribution in [0.25, 0.3) is 5.65 Å². The molecule has 0 bridgehead atoms. The van der Waals surface area contributed by atoms with E-state index in [9.17, 15) is 0 Å². The smallest absolute Gasteiger partial charge is 0.232 e. The van der Waals surface area contributed by atoms with E-state index in [1.165, 1.54) is 0 Å². The van der Waals surface area contributed by atoms with Gasteiger partial charge in [-0.15, -0.1) is 0 Å². The topological polar surface area (TPSA) is 83.3 Å². The van der Waals surface area contributed by atoms with Gasteiger partial charge in [0, 0.05) is 55.2 Å². The van der Waals surface area contributed by atoms with Crippen LogP contribution < -0.4 is 15.5 Å². The Balaban J connectivity index is 1.47. The summed E-state index contributed by atoms with van der Waals surface area (Å²) in [4.78, 5) is 20.9. The van der Waals surface area contributed by atoms with Crippen LogP contribution in [-0.2, 0) is 0 Å². The predicted molar refractivity (Wildman–Crippen MR) is 133 cm³/mol. The molecule has 170 valence electrons. The number of hydrogen-bond donors (Lipinski definition) is 2. The summed E-state index contributed by atoms with van der Waals surface area (Å²) in [6.45, 7) is 10.7. The number of anilines is 5. The van der Waals surface area contributed by atoms with Crippen molar-refractivity contribution < 1.29 is 0 Å². The van der Waals surface area contributed by atoms with E-state index in [0.29, 0.717) is 11.4 Å². The first kappa shape index (κ1) is 21.2. The highest BCUT2D eigenvalue weighted by atomic mass is 15.3. The molecule has 4 aromatic rings. The van der Waals surface area contributed by atoms with E-state index in [-0.39, 0.29) is 0 Å². The number of hydrogen-bond acceptors (Lipinski definition) is 7. The van der Waals surface area contributed by atoms with Gasteiger partial charge in [0.25, 0.3) is 0 Å². The molecule has 0 unspecified atom stereocenters. The quantitative estimate of drug-likeness (QED) is 0.437. The van der Waals surface area contributed by atoms with Crippen LogP contribution in [0.15, 0.2) is 48.9 Å². The van der Waals surface area contributed by atoms with E-state index < -0.39 is 0 Å². The van der Waals surface area contributed by atoms with Crippen LogP contribution in [0.4, 0.5) is 29.1 Å². The van der Waals surface area contributed by atoms with Gasteiger partial charge in [-0.3, -0.25) is 0 Å². The molecule has 4 aromatic heterocycles. The molecule has 0 radical (unpaired) electrons. The lowest BCUT2D eigenvalue weighted by Crippen LogP contribution is -2.37. The average molecular weight is 443 g/mol. The molecule has 33 heavy (non-hydrogen) atoms. The van der Waals surface area contributed by atoms with Crippen molar-refractivity contribution in [3.8, 4) is 0 Å². The van der Waals surface area contributed by atoms with Crippen LogP contribution in [0, 0.1) is 19.3 Å². The SMILES string of the molecule is Cc1cc(C)nc(Nc2nc(Nc3ccn4ccnc4c3)cc(N3CCC(C)(C)CC3)n2)c1. The van der Waals surface area contributed by atoms with Crippen molar-refractivity contribution >= 4 is 34.7 Å². The Bertz CT molecular complexity index is 1260. The molecule has 0 saturated carbocycles. The number of aromatic nitrogens is 5. The van der Waals surface area contributed by atoms with E-state index in [2.05, 4.69) is 52.3 Å². The van der Waals surface area contributed by atoms with Gasteiger partial charge in [0.2, 0.25) is 5.95 Å². The van der Waals surface area contributed by atoms with Gasteiger partial charge >= 0.3 is 0 Å². The number of pyridine rings is 2. The maximum atomic E-state index is 4.85. The molecule has 8 heteroatoms. The molecule has 5 heterocycles. The Hall–Kier alpha value is -3.68. The van der Waals surface area contributed by atoms with Crippen molar-refractivity contribution in [2.45, 2.75) is 40.5 Å². The lowest BCUT2D eigenvalue weighted by molar-refractivity contribution is 0.279. The Labute approximate surface area is 194 Å². The van der Waals surface area contributed by atoms with E-state index in [1.54, 1.807) is 6.20 Å². The van der Waals surface area contributed by atoms with Crippen LogP contribution in [0.2, 0.25) is 0 Å². The van der Waals surface area contributed by atoms with E-state index in [4.69, 9.17) is 9.97 Å². The van der Waals surface area contributed by atoms with Crippen LogP contribution >= 0.6 is 0 Å². The van der Waals surface area contributed by atoms with Gasteiger partial charge in [-0.1, -0.05) is 13.8 Å². The van der Waals surface area contributed by atoms with Gasteiger partial charge in [0.1, 0.15) is 23.1 Å². The molecule has 1 saturated heterocycles. The molecular formula is C25H30N8. The van der Waals surface area contributed by atoms with Crippen molar-refractivity contribution in [2.75, 3.05) is 28.6 Å². The Morgan fingerprint density at radius 1 is 0.879 bits per heavy atom. The Morgan fingerprint density at radius 3 is 2.45 bits per heavy atom. The third-order valence-electron chi connectivity index (χ3n) is 6.16. The third kappa shape index (κ3) is 4.89. The average Bonchev–Trinajstić information content (AvgIpc) is 3.20. The summed E-state index contributed by atoms with van der Waals surface area (Å²) in [5.41, 5.74) is 4.27. The van der Waals surface area contributed by atoms with Gasteiger partial charge in [-0.25, -0.2) is 9.97 Å². The minimum absolute atomic E-state index is 0.369. The van der Waals surface area contributed by atoms with Crippen molar-refractivity contribution in [3.05, 3.63) is 60.2 Å². The lowest BCUT2D eigenvalue weighted by Gasteiger charge is -2.37. The van der Waals surface area contributed by atoms with Crippen molar-refractivity contribution in [2.24, 2.45) is 5.41 Å². The molecule has 1 aliphatic rings. The molecule has 8 nitrogen and oxygen atoms in total. The van der Waals surface area contributed by atoms with Gasteiger partial charge < -0.3 is 19.9 Å². The van der Waals surface area contributed by atoms with Gasteiger partial charge in [0.15, 0.2) is 0 Å². The minimum atomic E-state index is 0.369. The van der Waals surface area contributed by atoms with Gasteiger partial charge in [-0.05, 0) is 55.9 Å². The largest absolute Gasteiger partial charge is 0.356 e. The molecule has 0 aromatic carbocycles. The fourth-order valence-electron chi connectivity index (χ4n) is 4.21. The van der Waals surface area contributed by atoms with Gasteiger partial charge in [-0.2, -0.15) is 9.97 Å². The normalized spacial score (nSPS) is 15.6. The Kier molecular flexibility index (Phi) is 5.36. The lowest BCUT2D eigenvalue weighted by atomic mass is 9.83. The molecule has 1 fully saturated rings. The molecular weight excluding hydrogens is 412 g/mol. The second-order valence-corrected chi connectivity index (χ2v) is 9.62. The number of imidazole rings is 1. The van der Waals surface area contributed by atoms with E-state index in [0.717, 1.165) is 66.0 Å². The summed E-state index contributed by atoms with van der Waals surface area (Å²) >= 11 is 0. The van der Waals surface area contributed by atoms with Crippen molar-refractivity contribution in [1.29, 1.82) is 0 Å². The highest BCUT2D eigenvalue weighted by molar-refractivity contribution is 5.65. The molecule has 0 amide bonds. The predicted octanol–water partition coefficient (Wildman–Crippen LogP) is 5.25. The second kappa shape index (κ2) is 8.35. The Morgan fingerprint density at radius 2 is 1.67 bits per heavy atom. The molecule has 2 N–H and O–H groups in total. The first-order valence-electron chi connectivity index (χ1n) is 11.4. The molecule has 0 aliphatic carbocycles. The zero-order valence-electron chi connectivity index (χ0n) is 19.6. The van der Waals surface area contributed by atoms with E-state index >= 15 is 0 Å². The number of nitrogens with zero attached hydrogens (tertiary/aromatic N) is 6. The van der Waals surface area contributed by atoms with E-state index in [1.807, 2.05) is 48.0 Å². The number of aryl methyl sites for hydroxylation is 2. The maximum absolute atomic E-state index is 4.85. The zero-order valence-corrected chi connectivity index (χ0v) is 19.6. The molecule has 5 rings (SSSR count). The summed E-state index contributed by atoms with van der Waals surface area (Å²) in [5.74, 6) is 2.91. The van der Waals surface area contributed by atoms with Crippen LogP contribution in [-0.4, -0.2) is 37.4 Å². The molecule has 0 spiro atoms. The van der Waals surface area contributed by atoms with Crippen LogP contribution in [0.3, 0.4) is 0 Å². The number of fused-ring (bicyclic) bond motifs is 1. The monoisotopic (exact) mass is 442 g/mol. The van der Waals surface area contributed by atoms with Crippen molar-refractivity contribution in [3.63, 3.8) is 0 Å². The standard InChI is InChI=1S/C25H30N8/c1-17-13-18(2)27-20(14-17)29-24-30-21(28-19-5-9-32-12-8-26-22(32)15-19)16-23(31-24)33-10-6-25(3,4)7-11-33/h5,8-9,12-16H,6-7,10-11H2,1-4H3,(H2,27,28,29,30,31). The fourth-order valence-corrected chi connectivity index (χ4v) is 4.21. The van der Waals surface area contributed by atoms with Gasteiger partial charge in [0.05, 0.1) is 0 Å². The summed E-state index contributed by atoms with van der Waals surface area (Å²) in [7, 11) is 0. The summed E-state index contributed by atoms with van der Waals surface area (Å²) in [6.07, 6.45) is 7.98. The first-order valence-corrected chi connectivity index (χ1v) is 11.4. The van der Waals surface area contributed by atoms with Crippen LogP contribution in [0.5, 0.6) is 0 Å². The first-order chi connectivity index (χ1) is 15.8. The zero-order chi connectivity index (χ0) is 23.0. The fraction of sp³-hybridized carbons (Fsp3) is 0.360. The third-order valence-corrected chi connectivity index (χ3v) is 6.16. The minimum Gasteiger partial charge on any atom is -0.356 e. The summed E-state index contributed by atoms with van der Waals surface area (Å²) in [5, 5.41) is 6.76. The number of piperidine rings is 1. The second-order valence-electron chi connectivity index (χ2n) is 9.62. The highest BCUT2D eigenvalue weighted by Crippen LogP contribution is 2.33. The highest BCUT2D eigenvalue weighted by Gasteiger charge is 2.26. The molecule has 1 aliphatic heterocycles. The molecule has 0 atom stereocenters. The van der Waals surface area contributed by atoms with Crippen LogP contribution in [0.1, 0.15) is 37.9 Å². The van der Waals surface area contributed by atoms with Crippen molar-refractivity contribution in [1.82, 2.24) is 24.3 Å².